The van der Waals surface area contributed by atoms with Crippen molar-refractivity contribution in [2.24, 2.45) is 5.73 Å². The van der Waals surface area contributed by atoms with E-state index < -0.39 is 12.3 Å². The van der Waals surface area contributed by atoms with Crippen LogP contribution >= 0.6 is 0 Å². The molecule has 0 radical (unpaired) electrons. The van der Waals surface area contributed by atoms with Crippen molar-refractivity contribution < 1.29 is 66.1 Å². The quantitative estimate of drug-likeness (QED) is 0.242. The van der Waals surface area contributed by atoms with E-state index in [1.165, 1.54) is 0 Å². The number of nitrogens with two attached hydrogens (primary N) is 1. The molecule has 0 rings (SSSR count). The van der Waals surface area contributed by atoms with Gasteiger partial charge in [0.05, 0.1) is 6.61 Å². The number of rotatable bonds is 1. The average Bonchev–Trinajstić information content (AvgIpc) is 1.85. The van der Waals surface area contributed by atoms with Crippen molar-refractivity contribution in [3.05, 3.63) is 0 Å². The van der Waals surface area contributed by atoms with Gasteiger partial charge in [-0.3, -0.25) is 0 Å². The third-order valence-electron chi connectivity index (χ3n) is 0.129. The molecule has 0 unspecified atom stereocenters. The second kappa shape index (κ2) is 22.5. The Kier molecular flexibility index (Phi) is 39.6. The van der Waals surface area contributed by atoms with E-state index in [1.54, 1.807) is 0 Å². The van der Waals surface area contributed by atoms with E-state index >= 15 is 0 Å². The first-order chi connectivity index (χ1) is 5.38. The number of aliphatic hydroxyl groups is 1. The number of aliphatic hydroxyl groups excluding tert-OH is 1. The molecular formula is C4H12NNaO7. The molecule has 0 atom stereocenters. The van der Waals surface area contributed by atoms with Crippen molar-refractivity contribution >= 4 is 12.3 Å². The van der Waals surface area contributed by atoms with Crippen LogP contribution in [0.25, 0.3) is 0 Å². The second-order valence-corrected chi connectivity index (χ2v) is 1.08. The fourth-order valence-electron chi connectivity index (χ4n) is 0. The summed E-state index contributed by atoms with van der Waals surface area (Å²) in [7, 11) is 0. The van der Waals surface area contributed by atoms with Crippen LogP contribution in [0, 0.1) is 0 Å². The Balaban J connectivity index is -0.0000000270. The number of hydrogen-bond donors (Lipinski definition) is 6. The fraction of sp³-hybridized carbons (Fsp3) is 0.500. The van der Waals surface area contributed by atoms with Gasteiger partial charge in [0.2, 0.25) is 0 Å². The molecule has 0 aromatic heterocycles. The Morgan fingerprint density at radius 1 is 1.08 bits per heavy atom. The molecule has 0 saturated heterocycles. The van der Waals surface area contributed by atoms with Crippen LogP contribution in [0.1, 0.15) is 1.43 Å². The van der Waals surface area contributed by atoms with Gasteiger partial charge in [0.25, 0.3) is 0 Å². The Hall–Kier alpha value is -0.540. The van der Waals surface area contributed by atoms with Crippen molar-refractivity contribution in [2.75, 3.05) is 13.2 Å². The van der Waals surface area contributed by atoms with E-state index in [1.807, 2.05) is 0 Å². The van der Waals surface area contributed by atoms with Crippen LogP contribution in [0.4, 0.5) is 9.59 Å². The summed E-state index contributed by atoms with van der Waals surface area (Å²) < 4.78 is 0. The molecule has 7 N–H and O–H groups in total. The van der Waals surface area contributed by atoms with Crippen molar-refractivity contribution in [1.29, 1.82) is 0 Å². The SMILES string of the molecule is NCCO.O=C(O)O.O=C(O)O.[H-].[Na+]. The summed E-state index contributed by atoms with van der Waals surface area (Å²) >= 11 is 0. The smallest absolute Gasteiger partial charge is 1.00 e. The topological polar surface area (TPSA) is 161 Å². The minimum Gasteiger partial charge on any atom is -1.00 e. The van der Waals surface area contributed by atoms with E-state index in [4.69, 9.17) is 40.9 Å². The van der Waals surface area contributed by atoms with E-state index in [0.29, 0.717) is 6.54 Å². The van der Waals surface area contributed by atoms with Gasteiger partial charge in [-0.15, -0.1) is 0 Å². The van der Waals surface area contributed by atoms with E-state index in [-0.39, 0.29) is 37.6 Å². The summed E-state index contributed by atoms with van der Waals surface area (Å²) in [4.78, 5) is 17.1. The molecule has 8 nitrogen and oxygen atoms in total. The van der Waals surface area contributed by atoms with Crippen molar-refractivity contribution in [3.63, 3.8) is 0 Å². The van der Waals surface area contributed by atoms with Crippen LogP contribution in [-0.2, 0) is 0 Å². The van der Waals surface area contributed by atoms with E-state index in [0.717, 1.165) is 0 Å². The first kappa shape index (κ1) is 22.9. The van der Waals surface area contributed by atoms with E-state index in [2.05, 4.69) is 0 Å². The van der Waals surface area contributed by atoms with E-state index in [9.17, 15) is 0 Å². The summed E-state index contributed by atoms with van der Waals surface area (Å²) in [6, 6.07) is 0. The molecule has 0 heterocycles. The third-order valence-corrected chi connectivity index (χ3v) is 0.129. The van der Waals surface area contributed by atoms with Crippen LogP contribution in [-0.4, -0.2) is 51.0 Å². The summed E-state index contributed by atoms with van der Waals surface area (Å²) in [6.07, 6.45) is -3.67. The normalized spacial score (nSPS) is 6.00. The van der Waals surface area contributed by atoms with Gasteiger partial charge in [-0.25, -0.2) is 9.59 Å². The number of carboxylic acid groups (broad SMARTS) is 4. The minimum atomic E-state index is -1.83. The van der Waals surface area contributed by atoms with Gasteiger partial charge in [-0.2, -0.15) is 0 Å². The molecule has 0 spiro atoms. The van der Waals surface area contributed by atoms with Crippen molar-refractivity contribution in [3.8, 4) is 0 Å². The molecular weight excluding hydrogens is 197 g/mol. The molecule has 0 aliphatic heterocycles. The Morgan fingerprint density at radius 3 is 1.15 bits per heavy atom. The van der Waals surface area contributed by atoms with Gasteiger partial charge < -0.3 is 32.7 Å². The van der Waals surface area contributed by atoms with Gasteiger partial charge in [0, 0.05) is 6.54 Å². The molecule has 0 saturated carbocycles. The van der Waals surface area contributed by atoms with Crippen LogP contribution in [0.5, 0.6) is 0 Å². The zero-order valence-electron chi connectivity index (χ0n) is 8.04. The maximum Gasteiger partial charge on any atom is 1.00 e. The number of hydrogen-bond acceptors (Lipinski definition) is 4. The van der Waals surface area contributed by atoms with Crippen LogP contribution in [0.2, 0.25) is 0 Å². The fourth-order valence-corrected chi connectivity index (χ4v) is 0. The summed E-state index contributed by atoms with van der Waals surface area (Å²) in [5.41, 5.74) is 4.78. The van der Waals surface area contributed by atoms with Crippen LogP contribution in [0.15, 0.2) is 0 Å². The predicted molar refractivity (Wildman–Crippen MR) is 38.6 cm³/mol. The van der Waals surface area contributed by atoms with Crippen LogP contribution < -0.4 is 35.3 Å². The first-order valence-corrected chi connectivity index (χ1v) is 2.53. The predicted octanol–water partition coefficient (Wildman–Crippen LogP) is -3.50. The van der Waals surface area contributed by atoms with Gasteiger partial charge in [0.15, 0.2) is 0 Å². The minimum absolute atomic E-state index is 0. The van der Waals surface area contributed by atoms with Gasteiger partial charge in [0.1, 0.15) is 0 Å². The molecule has 0 aromatic carbocycles. The Bertz CT molecular complexity index is 102. The van der Waals surface area contributed by atoms with Gasteiger partial charge >= 0.3 is 41.9 Å². The molecule has 0 aliphatic rings. The first-order valence-electron chi connectivity index (χ1n) is 2.53. The Morgan fingerprint density at radius 2 is 1.15 bits per heavy atom. The molecule has 0 fully saturated rings. The summed E-state index contributed by atoms with van der Waals surface area (Å²) in [5, 5.41) is 35.6. The maximum absolute atomic E-state index is 8.56. The van der Waals surface area contributed by atoms with Crippen molar-refractivity contribution in [1.82, 2.24) is 0 Å². The van der Waals surface area contributed by atoms with Gasteiger partial charge in [-0.05, 0) is 0 Å². The maximum atomic E-state index is 8.56. The van der Waals surface area contributed by atoms with Crippen LogP contribution in [0.3, 0.4) is 0 Å². The molecule has 9 heteroatoms. The molecule has 0 aromatic rings. The number of carbonyl (C=O) groups is 2. The molecule has 0 amide bonds. The Labute approximate surface area is 97.4 Å². The van der Waals surface area contributed by atoms with Gasteiger partial charge in [-0.1, -0.05) is 0 Å². The third kappa shape index (κ3) is 4850. The summed E-state index contributed by atoms with van der Waals surface area (Å²) in [5.74, 6) is 0. The standard InChI is InChI=1S/C2H7NO.2CH2O3.Na.H/c3-1-2-4;2*2-1(3)4;;/h4H,1-3H2;2*(H2,2,3,4);;/q;;;+1;-1. The monoisotopic (exact) mass is 209 g/mol. The molecule has 0 bridgehead atoms. The summed E-state index contributed by atoms with van der Waals surface area (Å²) in [6.45, 7) is 0.472. The van der Waals surface area contributed by atoms with Crippen molar-refractivity contribution in [2.45, 2.75) is 0 Å². The zero-order chi connectivity index (χ0) is 10.6. The molecule has 13 heavy (non-hydrogen) atoms. The average molecular weight is 209 g/mol. The largest absolute Gasteiger partial charge is 1.00 e. The second-order valence-electron chi connectivity index (χ2n) is 1.08. The molecule has 76 valence electrons. The molecule has 0 aliphatic carbocycles. The zero-order valence-corrected chi connectivity index (χ0v) is 9.04.